The summed E-state index contributed by atoms with van der Waals surface area (Å²) >= 11 is 0. The van der Waals surface area contributed by atoms with E-state index in [0.29, 0.717) is 13.1 Å². The molecular formula is C20H19F3N4O5. The Morgan fingerprint density at radius 3 is 2.78 bits per heavy atom. The first kappa shape index (κ1) is 21.4. The molecule has 1 N–H and O–H groups in total. The van der Waals surface area contributed by atoms with E-state index in [-0.39, 0.29) is 42.3 Å². The summed E-state index contributed by atoms with van der Waals surface area (Å²) in [4.78, 5) is 33.9. The number of rotatable bonds is 7. The molecule has 1 saturated heterocycles. The molecule has 1 aliphatic rings. The number of fused-ring (bicyclic) bond motifs is 1. The number of nitrogens with zero attached hydrogens (tertiary/aromatic N) is 3. The standard InChI is InChI=1S/C20H17F3N4O5.H2/c1-2-30-18(29)16-7-25-20(32-16)27-8-12(9-27)26-17(28)11-3-10-4-13(21)15(31-19(22)23)5-14(10)24-6-11;/h3-7,12,19H,2,8-9H2,1H3,(H,26,28);1H. The molecule has 1 aromatic carbocycles. The Kier molecular flexibility index (Phi) is 5.84. The number of esters is 1. The molecule has 0 atom stereocenters. The maximum Gasteiger partial charge on any atom is 0.387 e. The Balaban J connectivity index is 0.00000306. The second-order valence-electron chi connectivity index (χ2n) is 6.88. The van der Waals surface area contributed by atoms with Gasteiger partial charge in [0.1, 0.15) is 0 Å². The number of oxazole rings is 1. The number of aromatic nitrogens is 2. The molecule has 0 aliphatic carbocycles. The largest absolute Gasteiger partial charge is 0.460 e. The third kappa shape index (κ3) is 4.43. The van der Waals surface area contributed by atoms with Crippen molar-refractivity contribution in [2.75, 3.05) is 24.6 Å². The molecule has 3 heterocycles. The van der Waals surface area contributed by atoms with E-state index in [4.69, 9.17) is 9.15 Å². The van der Waals surface area contributed by atoms with E-state index in [0.717, 1.165) is 12.1 Å². The van der Waals surface area contributed by atoms with Gasteiger partial charge < -0.3 is 24.1 Å². The zero-order valence-corrected chi connectivity index (χ0v) is 16.7. The molecule has 0 unspecified atom stereocenters. The molecule has 170 valence electrons. The Labute approximate surface area is 180 Å². The molecule has 3 aromatic rings. The van der Waals surface area contributed by atoms with Crippen molar-refractivity contribution in [2.24, 2.45) is 0 Å². The van der Waals surface area contributed by atoms with E-state index < -0.39 is 30.1 Å². The molecule has 0 radical (unpaired) electrons. The van der Waals surface area contributed by atoms with Crippen LogP contribution in [-0.4, -0.2) is 54.2 Å². The molecule has 0 bridgehead atoms. The van der Waals surface area contributed by atoms with Gasteiger partial charge in [-0.15, -0.1) is 0 Å². The minimum absolute atomic E-state index is 0. The van der Waals surface area contributed by atoms with Crippen molar-refractivity contribution in [2.45, 2.75) is 19.6 Å². The van der Waals surface area contributed by atoms with Gasteiger partial charge in [-0.2, -0.15) is 8.78 Å². The van der Waals surface area contributed by atoms with Crippen molar-refractivity contribution in [3.05, 3.63) is 47.7 Å². The number of pyridine rings is 1. The number of amides is 1. The highest BCUT2D eigenvalue weighted by Gasteiger charge is 2.32. The number of carbonyl (C=O) groups is 2. The van der Waals surface area contributed by atoms with Crippen LogP contribution >= 0.6 is 0 Å². The molecule has 1 aliphatic heterocycles. The minimum atomic E-state index is -3.16. The summed E-state index contributed by atoms with van der Waals surface area (Å²) in [5, 5.41) is 3.06. The van der Waals surface area contributed by atoms with Crippen LogP contribution in [0.25, 0.3) is 10.9 Å². The summed E-state index contributed by atoms with van der Waals surface area (Å²) in [5.74, 6) is -2.66. The number of nitrogens with one attached hydrogen (secondary N) is 1. The van der Waals surface area contributed by atoms with Crippen molar-refractivity contribution in [1.29, 1.82) is 0 Å². The lowest BCUT2D eigenvalue weighted by Crippen LogP contribution is -2.59. The number of ether oxygens (including phenoxy) is 2. The lowest BCUT2D eigenvalue weighted by Gasteiger charge is -2.38. The first-order chi connectivity index (χ1) is 15.3. The quantitative estimate of drug-likeness (QED) is 0.546. The number of anilines is 1. The Morgan fingerprint density at radius 2 is 2.06 bits per heavy atom. The molecule has 1 fully saturated rings. The van der Waals surface area contributed by atoms with Crippen LogP contribution in [0.1, 0.15) is 29.3 Å². The molecule has 0 saturated carbocycles. The summed E-state index contributed by atoms with van der Waals surface area (Å²) < 4.78 is 52.9. The fourth-order valence-electron chi connectivity index (χ4n) is 3.14. The van der Waals surface area contributed by atoms with Crippen LogP contribution in [-0.2, 0) is 4.74 Å². The van der Waals surface area contributed by atoms with E-state index in [1.807, 2.05) is 0 Å². The van der Waals surface area contributed by atoms with Gasteiger partial charge in [-0.25, -0.2) is 14.2 Å². The Hall–Kier alpha value is -3.83. The second-order valence-corrected chi connectivity index (χ2v) is 6.88. The average molecular weight is 452 g/mol. The van der Waals surface area contributed by atoms with Crippen LogP contribution in [0.5, 0.6) is 5.75 Å². The van der Waals surface area contributed by atoms with E-state index in [9.17, 15) is 22.8 Å². The van der Waals surface area contributed by atoms with Crippen LogP contribution in [0.4, 0.5) is 19.2 Å². The number of alkyl halides is 2. The Bertz CT molecular complexity index is 1170. The van der Waals surface area contributed by atoms with Gasteiger partial charge in [0.15, 0.2) is 11.6 Å². The highest BCUT2D eigenvalue weighted by atomic mass is 19.3. The van der Waals surface area contributed by atoms with Gasteiger partial charge in [0.05, 0.1) is 29.9 Å². The summed E-state index contributed by atoms with van der Waals surface area (Å²) in [7, 11) is 0. The number of carbonyl (C=O) groups excluding carboxylic acids is 2. The second kappa shape index (κ2) is 8.73. The predicted molar refractivity (Wildman–Crippen MR) is 106 cm³/mol. The SMILES string of the molecule is CCOC(=O)c1cnc(N2CC(NC(=O)c3cnc4cc(OC(F)F)c(F)cc4c3)C2)o1.[HH]. The smallest absolute Gasteiger partial charge is 0.387 e. The average Bonchev–Trinajstić information content (AvgIpc) is 3.20. The maximum atomic E-state index is 13.9. The van der Waals surface area contributed by atoms with E-state index in [2.05, 4.69) is 20.0 Å². The van der Waals surface area contributed by atoms with Crippen molar-refractivity contribution >= 4 is 28.8 Å². The molecule has 32 heavy (non-hydrogen) atoms. The first-order valence-corrected chi connectivity index (χ1v) is 9.57. The molecule has 1 amide bonds. The number of hydrogen-bond donors (Lipinski definition) is 1. The van der Waals surface area contributed by atoms with Crippen molar-refractivity contribution in [3.8, 4) is 5.75 Å². The highest BCUT2D eigenvalue weighted by molar-refractivity contribution is 5.97. The van der Waals surface area contributed by atoms with E-state index in [1.54, 1.807) is 11.8 Å². The number of benzene rings is 1. The van der Waals surface area contributed by atoms with E-state index in [1.165, 1.54) is 18.5 Å². The summed E-state index contributed by atoms with van der Waals surface area (Å²) in [5.41, 5.74) is 0.383. The first-order valence-electron chi connectivity index (χ1n) is 9.57. The minimum Gasteiger partial charge on any atom is -0.460 e. The van der Waals surface area contributed by atoms with Gasteiger partial charge in [0.25, 0.3) is 11.9 Å². The molecular weight excluding hydrogens is 433 g/mol. The third-order valence-corrected chi connectivity index (χ3v) is 4.67. The van der Waals surface area contributed by atoms with Gasteiger partial charge >= 0.3 is 12.6 Å². The van der Waals surface area contributed by atoms with E-state index >= 15 is 0 Å². The normalized spacial score (nSPS) is 13.8. The fourth-order valence-corrected chi connectivity index (χ4v) is 3.14. The van der Waals surface area contributed by atoms with Gasteiger partial charge in [-0.3, -0.25) is 9.78 Å². The number of halogens is 3. The summed E-state index contributed by atoms with van der Waals surface area (Å²) in [6.07, 6.45) is 2.54. The molecule has 0 spiro atoms. The topological polar surface area (TPSA) is 107 Å². The highest BCUT2D eigenvalue weighted by Crippen LogP contribution is 2.26. The Morgan fingerprint density at radius 1 is 1.28 bits per heavy atom. The molecule has 12 heteroatoms. The van der Waals surface area contributed by atoms with Crippen molar-refractivity contribution in [3.63, 3.8) is 0 Å². The third-order valence-electron chi connectivity index (χ3n) is 4.67. The maximum absolute atomic E-state index is 13.9. The van der Waals surface area contributed by atoms with Crippen LogP contribution in [0.2, 0.25) is 0 Å². The van der Waals surface area contributed by atoms with Crippen molar-refractivity contribution < 1.29 is 38.1 Å². The van der Waals surface area contributed by atoms with Gasteiger partial charge in [-0.1, -0.05) is 0 Å². The summed E-state index contributed by atoms with van der Waals surface area (Å²) in [6.45, 7) is -0.467. The monoisotopic (exact) mass is 452 g/mol. The lowest BCUT2D eigenvalue weighted by atomic mass is 10.1. The molecule has 2 aromatic heterocycles. The van der Waals surface area contributed by atoms with Gasteiger partial charge in [-0.05, 0) is 19.1 Å². The van der Waals surface area contributed by atoms with Gasteiger partial charge in [0, 0.05) is 32.2 Å². The van der Waals surface area contributed by atoms with Crippen LogP contribution in [0.3, 0.4) is 0 Å². The molecule has 9 nitrogen and oxygen atoms in total. The lowest BCUT2D eigenvalue weighted by molar-refractivity contribution is -0.0520. The van der Waals surface area contributed by atoms with Gasteiger partial charge in [0.2, 0.25) is 5.76 Å². The van der Waals surface area contributed by atoms with Crippen LogP contribution in [0, 0.1) is 5.82 Å². The zero-order chi connectivity index (χ0) is 22.8. The van der Waals surface area contributed by atoms with Crippen LogP contribution < -0.4 is 15.0 Å². The van der Waals surface area contributed by atoms with Crippen LogP contribution in [0.15, 0.2) is 35.0 Å². The zero-order valence-electron chi connectivity index (χ0n) is 16.7. The molecule has 4 rings (SSSR count). The number of hydrogen-bond acceptors (Lipinski definition) is 8. The fraction of sp³-hybridized carbons (Fsp3) is 0.300. The summed E-state index contributed by atoms with van der Waals surface area (Å²) in [6, 6.07) is 3.45. The van der Waals surface area contributed by atoms with Crippen molar-refractivity contribution in [1.82, 2.24) is 15.3 Å². The predicted octanol–water partition coefficient (Wildman–Crippen LogP) is 3.00.